The minimum atomic E-state index is -3.35. The Kier molecular flexibility index (Phi) is 5.11. The van der Waals surface area contributed by atoms with Crippen LogP contribution in [0.3, 0.4) is 0 Å². The molecule has 2 aliphatic rings. The predicted molar refractivity (Wildman–Crippen MR) is 77.6 cm³/mol. The monoisotopic (exact) mass is 309 g/mol. The number of likely N-dealkylation sites (N-methyl/N-ethyl adjacent to an activating group) is 1. The number of alkyl halides is 1. The molecule has 0 saturated carbocycles. The molecule has 2 saturated heterocycles. The molecular formula is C12H24ClN3O2S. The molecule has 2 unspecified atom stereocenters. The lowest BCUT2D eigenvalue weighted by Crippen LogP contribution is -2.58. The molecule has 112 valence electrons. The van der Waals surface area contributed by atoms with Crippen LogP contribution >= 0.6 is 11.6 Å². The largest absolute Gasteiger partial charge is 0.301 e. The normalized spacial score (nSPS) is 32.6. The van der Waals surface area contributed by atoms with Gasteiger partial charge in [-0.1, -0.05) is 6.42 Å². The van der Waals surface area contributed by atoms with E-state index in [1.807, 2.05) is 7.05 Å². The van der Waals surface area contributed by atoms with Gasteiger partial charge in [0.25, 0.3) is 10.2 Å². The van der Waals surface area contributed by atoms with E-state index in [1.165, 1.54) is 0 Å². The highest BCUT2D eigenvalue weighted by Crippen LogP contribution is 2.24. The molecule has 2 rings (SSSR count). The first-order valence-electron chi connectivity index (χ1n) is 7.00. The summed E-state index contributed by atoms with van der Waals surface area (Å²) in [4.78, 5) is 2.20. The van der Waals surface area contributed by atoms with E-state index in [0.29, 0.717) is 25.5 Å². The summed E-state index contributed by atoms with van der Waals surface area (Å²) in [5.74, 6) is 0.391. The molecule has 2 atom stereocenters. The fourth-order valence-electron chi connectivity index (χ4n) is 2.80. The maximum atomic E-state index is 12.7. The summed E-state index contributed by atoms with van der Waals surface area (Å²) in [6.45, 7) is 4.62. The average molecular weight is 310 g/mol. The topological polar surface area (TPSA) is 43.9 Å². The SMILES string of the molecule is CC1CN(S(=O)(=O)N2CCCCC2CCl)CCN1C. The van der Waals surface area contributed by atoms with Crippen molar-refractivity contribution in [3.8, 4) is 0 Å². The molecule has 5 nitrogen and oxygen atoms in total. The van der Waals surface area contributed by atoms with Crippen molar-refractivity contribution in [3.05, 3.63) is 0 Å². The Bertz CT molecular complexity index is 404. The highest BCUT2D eigenvalue weighted by atomic mass is 35.5. The van der Waals surface area contributed by atoms with E-state index < -0.39 is 10.2 Å². The van der Waals surface area contributed by atoms with Crippen molar-refractivity contribution in [2.45, 2.75) is 38.3 Å². The predicted octanol–water partition coefficient (Wildman–Crippen LogP) is 0.960. The van der Waals surface area contributed by atoms with Gasteiger partial charge < -0.3 is 4.90 Å². The second-order valence-corrected chi connectivity index (χ2v) is 7.80. The van der Waals surface area contributed by atoms with Gasteiger partial charge in [0.1, 0.15) is 0 Å². The Hall–Kier alpha value is 0.120. The lowest BCUT2D eigenvalue weighted by atomic mass is 10.1. The van der Waals surface area contributed by atoms with Crippen LogP contribution in [-0.2, 0) is 10.2 Å². The fraction of sp³-hybridized carbons (Fsp3) is 1.00. The van der Waals surface area contributed by atoms with Crippen LogP contribution in [0.4, 0.5) is 0 Å². The van der Waals surface area contributed by atoms with E-state index in [9.17, 15) is 8.42 Å². The molecule has 2 heterocycles. The van der Waals surface area contributed by atoms with Crippen LogP contribution in [0.5, 0.6) is 0 Å². The second kappa shape index (κ2) is 6.26. The minimum Gasteiger partial charge on any atom is -0.301 e. The number of piperidine rings is 1. The third kappa shape index (κ3) is 3.24. The summed E-state index contributed by atoms with van der Waals surface area (Å²) in [7, 11) is -1.31. The number of rotatable bonds is 3. The van der Waals surface area contributed by atoms with Crippen LogP contribution in [-0.4, -0.2) is 73.1 Å². The molecule has 0 spiro atoms. The Morgan fingerprint density at radius 1 is 1.21 bits per heavy atom. The highest BCUT2D eigenvalue weighted by Gasteiger charge is 2.38. The molecule has 2 fully saturated rings. The molecule has 0 amide bonds. The number of piperazine rings is 1. The molecule has 0 N–H and O–H groups in total. The van der Waals surface area contributed by atoms with E-state index in [0.717, 1.165) is 25.8 Å². The molecule has 19 heavy (non-hydrogen) atoms. The standard InChI is InChI=1S/C12H24ClN3O2S/c1-11-10-15(8-7-14(11)2)19(17,18)16-6-4-3-5-12(16)9-13/h11-12H,3-10H2,1-2H3. The van der Waals surface area contributed by atoms with Crippen molar-refractivity contribution < 1.29 is 8.42 Å². The van der Waals surface area contributed by atoms with Crippen LogP contribution in [0.2, 0.25) is 0 Å². The van der Waals surface area contributed by atoms with Gasteiger partial charge in [-0.2, -0.15) is 17.0 Å². The lowest BCUT2D eigenvalue weighted by molar-refractivity contribution is 0.147. The average Bonchev–Trinajstić information content (AvgIpc) is 2.41. The lowest BCUT2D eigenvalue weighted by Gasteiger charge is -2.42. The van der Waals surface area contributed by atoms with Crippen LogP contribution < -0.4 is 0 Å². The molecule has 0 aromatic rings. The summed E-state index contributed by atoms with van der Waals surface area (Å²) in [5, 5.41) is 0. The zero-order valence-electron chi connectivity index (χ0n) is 11.8. The first-order valence-corrected chi connectivity index (χ1v) is 8.93. The zero-order valence-corrected chi connectivity index (χ0v) is 13.3. The Balaban J connectivity index is 2.12. The minimum absolute atomic E-state index is 0.0321. The fourth-order valence-corrected chi connectivity index (χ4v) is 5.14. The van der Waals surface area contributed by atoms with Crippen molar-refractivity contribution in [1.82, 2.24) is 13.5 Å². The van der Waals surface area contributed by atoms with Crippen molar-refractivity contribution in [2.75, 3.05) is 39.1 Å². The van der Waals surface area contributed by atoms with E-state index in [4.69, 9.17) is 11.6 Å². The first-order chi connectivity index (χ1) is 8.96. The molecule has 2 aliphatic heterocycles. The summed E-state index contributed by atoms with van der Waals surface area (Å²) < 4.78 is 28.7. The summed E-state index contributed by atoms with van der Waals surface area (Å²) in [6, 6.07) is 0.234. The third-order valence-corrected chi connectivity index (χ3v) is 6.71. The second-order valence-electron chi connectivity index (χ2n) is 5.61. The van der Waals surface area contributed by atoms with Gasteiger partial charge in [-0.15, -0.1) is 11.6 Å². The van der Waals surface area contributed by atoms with E-state index in [2.05, 4.69) is 11.8 Å². The van der Waals surface area contributed by atoms with Crippen LogP contribution in [0.15, 0.2) is 0 Å². The van der Waals surface area contributed by atoms with E-state index in [1.54, 1.807) is 8.61 Å². The maximum Gasteiger partial charge on any atom is 0.282 e. The van der Waals surface area contributed by atoms with Crippen molar-refractivity contribution in [3.63, 3.8) is 0 Å². The van der Waals surface area contributed by atoms with Gasteiger partial charge in [0.2, 0.25) is 0 Å². The molecule has 0 bridgehead atoms. The van der Waals surface area contributed by atoms with Crippen molar-refractivity contribution in [2.24, 2.45) is 0 Å². The van der Waals surface area contributed by atoms with Crippen LogP contribution in [0, 0.1) is 0 Å². The molecule has 0 aliphatic carbocycles. The zero-order chi connectivity index (χ0) is 14.0. The highest BCUT2D eigenvalue weighted by molar-refractivity contribution is 7.86. The molecular weight excluding hydrogens is 286 g/mol. The van der Waals surface area contributed by atoms with Crippen LogP contribution in [0.1, 0.15) is 26.2 Å². The smallest absolute Gasteiger partial charge is 0.282 e. The van der Waals surface area contributed by atoms with Gasteiger partial charge in [-0.3, -0.25) is 0 Å². The molecule has 7 heteroatoms. The third-order valence-electron chi connectivity index (χ3n) is 4.30. The number of halogens is 1. The molecule has 0 aromatic carbocycles. The number of hydrogen-bond donors (Lipinski definition) is 0. The summed E-state index contributed by atoms with van der Waals surface area (Å²) in [5.41, 5.74) is 0. The quantitative estimate of drug-likeness (QED) is 0.730. The molecule has 0 aromatic heterocycles. The number of hydrogen-bond acceptors (Lipinski definition) is 3. The van der Waals surface area contributed by atoms with Gasteiger partial charge in [0.15, 0.2) is 0 Å². The van der Waals surface area contributed by atoms with Gasteiger partial charge >= 0.3 is 0 Å². The van der Waals surface area contributed by atoms with Gasteiger partial charge in [0.05, 0.1) is 0 Å². The summed E-state index contributed by atoms with van der Waals surface area (Å²) in [6.07, 6.45) is 2.89. The van der Waals surface area contributed by atoms with E-state index in [-0.39, 0.29) is 12.1 Å². The van der Waals surface area contributed by atoms with Crippen LogP contribution in [0.25, 0.3) is 0 Å². The summed E-state index contributed by atoms with van der Waals surface area (Å²) >= 11 is 5.94. The Morgan fingerprint density at radius 2 is 1.95 bits per heavy atom. The van der Waals surface area contributed by atoms with E-state index >= 15 is 0 Å². The van der Waals surface area contributed by atoms with Gasteiger partial charge in [0, 0.05) is 44.1 Å². The van der Waals surface area contributed by atoms with Gasteiger partial charge in [-0.25, -0.2) is 0 Å². The molecule has 0 radical (unpaired) electrons. The van der Waals surface area contributed by atoms with Gasteiger partial charge in [-0.05, 0) is 26.8 Å². The maximum absolute atomic E-state index is 12.7. The van der Waals surface area contributed by atoms with Crippen molar-refractivity contribution in [1.29, 1.82) is 0 Å². The first kappa shape index (κ1) is 15.5. The Labute approximate surface area is 121 Å². The number of nitrogens with zero attached hydrogens (tertiary/aromatic N) is 3. The Morgan fingerprint density at radius 3 is 2.58 bits per heavy atom. The van der Waals surface area contributed by atoms with Crippen molar-refractivity contribution >= 4 is 21.8 Å².